The van der Waals surface area contributed by atoms with Crippen LogP contribution >= 0.6 is 0 Å². The summed E-state index contributed by atoms with van der Waals surface area (Å²) in [7, 11) is -2.26. The average molecular weight is 353 g/mol. The largest absolute Gasteiger partial charge is 0.351 e. The molecule has 24 heavy (non-hydrogen) atoms. The Morgan fingerprint density at radius 2 is 1.96 bits per heavy atom. The Hall–Kier alpha value is -1.93. The molecular formula is C16H23N3O4S. The van der Waals surface area contributed by atoms with Gasteiger partial charge in [-0.15, -0.1) is 0 Å². The minimum Gasteiger partial charge on any atom is -0.351 e. The molecule has 1 saturated heterocycles. The summed E-state index contributed by atoms with van der Waals surface area (Å²) < 4.78 is 27.4. The quantitative estimate of drug-likeness (QED) is 0.762. The van der Waals surface area contributed by atoms with Crippen molar-refractivity contribution >= 4 is 21.8 Å². The van der Waals surface area contributed by atoms with Crippen molar-refractivity contribution in [1.82, 2.24) is 14.9 Å². The number of amides is 2. The van der Waals surface area contributed by atoms with E-state index in [1.165, 1.54) is 11.4 Å². The van der Waals surface area contributed by atoms with E-state index in [1.807, 2.05) is 13.0 Å². The van der Waals surface area contributed by atoms with Crippen LogP contribution in [0.4, 0.5) is 0 Å². The highest BCUT2D eigenvalue weighted by molar-refractivity contribution is 7.89. The van der Waals surface area contributed by atoms with Gasteiger partial charge in [-0.25, -0.2) is 8.42 Å². The van der Waals surface area contributed by atoms with Crippen LogP contribution in [-0.4, -0.2) is 50.7 Å². The summed E-state index contributed by atoms with van der Waals surface area (Å²) in [6.07, 6.45) is 1.38. The molecule has 2 rings (SSSR count). The summed E-state index contributed by atoms with van der Waals surface area (Å²) in [5.41, 5.74) is 1.57. The zero-order chi connectivity index (χ0) is 17.9. The van der Waals surface area contributed by atoms with Gasteiger partial charge in [0, 0.05) is 26.2 Å². The number of hydrogen-bond acceptors (Lipinski definition) is 4. The van der Waals surface area contributed by atoms with E-state index in [1.54, 1.807) is 19.1 Å². The lowest BCUT2D eigenvalue weighted by molar-refractivity contribution is -0.138. The first kappa shape index (κ1) is 18.4. The lowest BCUT2D eigenvalue weighted by Gasteiger charge is -2.25. The molecule has 1 unspecified atom stereocenters. The van der Waals surface area contributed by atoms with E-state index < -0.39 is 21.8 Å². The van der Waals surface area contributed by atoms with Gasteiger partial charge in [0.1, 0.15) is 0 Å². The Kier molecular flexibility index (Phi) is 5.61. The lowest BCUT2D eigenvalue weighted by Crippen LogP contribution is -2.46. The Morgan fingerprint density at radius 3 is 2.62 bits per heavy atom. The number of rotatable bonds is 4. The summed E-state index contributed by atoms with van der Waals surface area (Å²) >= 11 is 0. The number of nitrogens with one attached hydrogen (secondary N) is 2. The fourth-order valence-electron chi connectivity index (χ4n) is 2.85. The molecular weight excluding hydrogens is 330 g/mol. The van der Waals surface area contributed by atoms with Crippen molar-refractivity contribution in [3.63, 3.8) is 0 Å². The summed E-state index contributed by atoms with van der Waals surface area (Å²) in [6, 6.07) is 4.99. The monoisotopic (exact) mass is 353 g/mol. The van der Waals surface area contributed by atoms with E-state index in [2.05, 4.69) is 10.6 Å². The highest BCUT2D eigenvalue weighted by Gasteiger charge is 2.36. The van der Waals surface area contributed by atoms with E-state index in [0.717, 1.165) is 12.0 Å². The minimum atomic E-state index is -3.63. The number of carbonyl (C=O) groups is 2. The molecule has 0 aromatic heterocycles. The molecule has 0 bridgehead atoms. The topological polar surface area (TPSA) is 95.6 Å². The molecule has 0 spiro atoms. The number of likely N-dealkylation sites (N-methyl/N-ethyl adjacent to an activating group) is 1. The normalized spacial score (nSPS) is 18.4. The molecule has 1 aliphatic heterocycles. The van der Waals surface area contributed by atoms with Gasteiger partial charge in [-0.2, -0.15) is 4.31 Å². The highest BCUT2D eigenvalue weighted by Crippen LogP contribution is 2.28. The third kappa shape index (κ3) is 3.76. The van der Waals surface area contributed by atoms with Gasteiger partial charge >= 0.3 is 11.8 Å². The zero-order valence-corrected chi connectivity index (χ0v) is 14.9. The van der Waals surface area contributed by atoms with Gasteiger partial charge in [-0.05, 0) is 43.9 Å². The molecule has 1 fully saturated rings. The molecule has 1 heterocycles. The van der Waals surface area contributed by atoms with Gasteiger partial charge in [0.05, 0.1) is 4.90 Å². The van der Waals surface area contributed by atoms with Gasteiger partial charge in [0.15, 0.2) is 0 Å². The van der Waals surface area contributed by atoms with Crippen LogP contribution in [0.15, 0.2) is 23.1 Å². The molecule has 0 radical (unpaired) electrons. The summed E-state index contributed by atoms with van der Waals surface area (Å²) in [4.78, 5) is 23.1. The number of carbonyl (C=O) groups excluding carboxylic acids is 2. The van der Waals surface area contributed by atoms with Crippen LogP contribution in [0.25, 0.3) is 0 Å². The second kappa shape index (κ2) is 7.31. The first-order valence-electron chi connectivity index (χ1n) is 7.86. The Balaban J connectivity index is 2.18. The summed E-state index contributed by atoms with van der Waals surface area (Å²) in [6.45, 7) is 4.15. The Labute approximate surface area is 142 Å². The molecule has 7 nitrogen and oxygen atoms in total. The fraction of sp³-hybridized carbons (Fsp3) is 0.500. The number of benzene rings is 1. The van der Waals surface area contributed by atoms with E-state index in [-0.39, 0.29) is 12.6 Å². The van der Waals surface area contributed by atoms with Gasteiger partial charge < -0.3 is 10.6 Å². The molecule has 0 aliphatic carbocycles. The zero-order valence-electron chi connectivity index (χ0n) is 14.1. The average Bonchev–Trinajstić information content (AvgIpc) is 3.03. The first-order valence-corrected chi connectivity index (χ1v) is 9.30. The molecule has 1 aromatic rings. The molecule has 1 aliphatic rings. The standard InChI is InChI=1S/C16H23N3O4S/c1-11-6-7-12(2)14(9-11)24(22,23)19-8-4-5-13(19)10-18-16(21)15(20)17-3/h6-7,9,13H,4-5,8,10H2,1-3H3,(H,17,20)(H,18,21). The van der Waals surface area contributed by atoms with E-state index in [4.69, 9.17) is 0 Å². The number of sulfonamides is 1. The predicted octanol–water partition coefficient (Wildman–Crippen LogP) is 0.319. The van der Waals surface area contributed by atoms with Crippen molar-refractivity contribution in [3.05, 3.63) is 29.3 Å². The van der Waals surface area contributed by atoms with Crippen molar-refractivity contribution in [3.8, 4) is 0 Å². The molecule has 8 heteroatoms. The van der Waals surface area contributed by atoms with Gasteiger partial charge in [0.25, 0.3) is 0 Å². The lowest BCUT2D eigenvalue weighted by atomic mass is 10.2. The van der Waals surface area contributed by atoms with Crippen LogP contribution in [0.1, 0.15) is 24.0 Å². The number of hydrogen-bond donors (Lipinski definition) is 2. The van der Waals surface area contributed by atoms with E-state index in [9.17, 15) is 18.0 Å². The predicted molar refractivity (Wildman–Crippen MR) is 89.9 cm³/mol. The summed E-state index contributed by atoms with van der Waals surface area (Å²) in [5, 5.41) is 4.74. The molecule has 1 atom stereocenters. The number of nitrogens with zero attached hydrogens (tertiary/aromatic N) is 1. The van der Waals surface area contributed by atoms with E-state index >= 15 is 0 Å². The van der Waals surface area contributed by atoms with Crippen LogP contribution in [0.2, 0.25) is 0 Å². The van der Waals surface area contributed by atoms with Gasteiger partial charge in [0.2, 0.25) is 10.0 Å². The van der Waals surface area contributed by atoms with Crippen LogP contribution in [0.3, 0.4) is 0 Å². The molecule has 0 saturated carbocycles. The van der Waals surface area contributed by atoms with Crippen molar-refractivity contribution < 1.29 is 18.0 Å². The molecule has 132 valence electrons. The van der Waals surface area contributed by atoms with Crippen LogP contribution < -0.4 is 10.6 Å². The van der Waals surface area contributed by atoms with Crippen molar-refractivity contribution in [2.75, 3.05) is 20.1 Å². The smallest absolute Gasteiger partial charge is 0.309 e. The SMILES string of the molecule is CNC(=O)C(=O)NCC1CCCN1S(=O)(=O)c1cc(C)ccc1C. The highest BCUT2D eigenvalue weighted by atomic mass is 32.2. The van der Waals surface area contributed by atoms with Crippen LogP contribution in [-0.2, 0) is 19.6 Å². The van der Waals surface area contributed by atoms with Crippen molar-refractivity contribution in [2.45, 2.75) is 37.6 Å². The first-order chi connectivity index (χ1) is 11.3. The van der Waals surface area contributed by atoms with Gasteiger partial charge in [-0.1, -0.05) is 12.1 Å². The second-order valence-electron chi connectivity index (χ2n) is 5.97. The van der Waals surface area contributed by atoms with Crippen LogP contribution in [0.5, 0.6) is 0 Å². The number of aryl methyl sites for hydroxylation is 2. The van der Waals surface area contributed by atoms with Crippen LogP contribution in [0, 0.1) is 13.8 Å². The maximum Gasteiger partial charge on any atom is 0.309 e. The maximum atomic E-state index is 13.0. The molecule has 2 N–H and O–H groups in total. The van der Waals surface area contributed by atoms with E-state index in [0.29, 0.717) is 23.4 Å². The second-order valence-corrected chi connectivity index (χ2v) is 7.83. The Bertz CT molecular complexity index is 746. The third-order valence-corrected chi connectivity index (χ3v) is 6.28. The summed E-state index contributed by atoms with van der Waals surface area (Å²) in [5.74, 6) is -1.49. The van der Waals surface area contributed by atoms with Crippen molar-refractivity contribution in [1.29, 1.82) is 0 Å². The molecule has 2 amide bonds. The minimum absolute atomic E-state index is 0.121. The van der Waals surface area contributed by atoms with Crippen molar-refractivity contribution in [2.24, 2.45) is 0 Å². The molecule has 1 aromatic carbocycles. The maximum absolute atomic E-state index is 13.0. The fourth-order valence-corrected chi connectivity index (χ4v) is 4.85. The third-order valence-electron chi connectivity index (χ3n) is 4.18. The Morgan fingerprint density at radius 1 is 1.25 bits per heavy atom. The van der Waals surface area contributed by atoms with Gasteiger partial charge in [-0.3, -0.25) is 9.59 Å².